The van der Waals surface area contributed by atoms with Gasteiger partial charge in [0.05, 0.1) is 23.0 Å². The minimum atomic E-state index is 0.00177. The number of benzene rings is 7. The van der Waals surface area contributed by atoms with Gasteiger partial charge in [-0.1, -0.05) is 116 Å². The summed E-state index contributed by atoms with van der Waals surface area (Å²) in [7, 11) is 0. The number of para-hydroxylation sites is 1. The third-order valence-corrected chi connectivity index (χ3v) is 12.1. The van der Waals surface area contributed by atoms with Gasteiger partial charge in [-0.25, -0.2) is 9.97 Å². The molecule has 0 aliphatic heterocycles. The summed E-state index contributed by atoms with van der Waals surface area (Å²) in [5.41, 5.74) is 14.8. The first-order valence-electron chi connectivity index (χ1n) is 19.2. The fraction of sp³-hybridized carbons (Fsp3) is 0.118. The van der Waals surface area contributed by atoms with Crippen LogP contribution in [0.25, 0.3) is 88.9 Å². The number of nitrogens with zero attached hydrogens (tertiary/aromatic N) is 3. The number of hydrogen-bond acceptors (Lipinski definition) is 4. The molecule has 11 rings (SSSR count). The second kappa shape index (κ2) is 12.4. The average molecular weight is 706 g/mol. The SMILES string of the molecule is N#Cc1ccc2c(c1)-c1ccc(-c3cccc(-c4cc(-c5ccc6c(c5)oc5ccccc56)nc(-c5ccc6ccccc6c5)n4)c3)cc1C21CCCCC1. The topological polar surface area (TPSA) is 62.7 Å². The van der Waals surface area contributed by atoms with E-state index in [1.165, 1.54) is 52.5 Å². The van der Waals surface area contributed by atoms with Crippen molar-refractivity contribution >= 4 is 32.7 Å². The number of aromatic nitrogens is 2. The molecule has 2 aliphatic rings. The van der Waals surface area contributed by atoms with Crippen LogP contribution in [0.4, 0.5) is 0 Å². The molecule has 2 heterocycles. The fourth-order valence-electron chi connectivity index (χ4n) is 9.39. The molecule has 0 atom stereocenters. The lowest BCUT2D eigenvalue weighted by Gasteiger charge is -2.36. The van der Waals surface area contributed by atoms with Gasteiger partial charge in [-0.2, -0.15) is 5.26 Å². The molecule has 0 bridgehead atoms. The van der Waals surface area contributed by atoms with E-state index in [2.05, 4.69) is 133 Å². The predicted molar refractivity (Wildman–Crippen MR) is 223 cm³/mol. The highest BCUT2D eigenvalue weighted by atomic mass is 16.3. The van der Waals surface area contributed by atoms with E-state index in [0.717, 1.165) is 79.4 Å². The fourth-order valence-corrected chi connectivity index (χ4v) is 9.39. The van der Waals surface area contributed by atoms with Gasteiger partial charge in [0.2, 0.25) is 0 Å². The second-order valence-electron chi connectivity index (χ2n) is 15.2. The largest absolute Gasteiger partial charge is 0.456 e. The zero-order valence-corrected chi connectivity index (χ0v) is 30.2. The molecule has 55 heavy (non-hydrogen) atoms. The van der Waals surface area contributed by atoms with Gasteiger partial charge >= 0.3 is 0 Å². The van der Waals surface area contributed by atoms with Crippen molar-refractivity contribution in [1.29, 1.82) is 5.26 Å². The van der Waals surface area contributed by atoms with Crippen molar-refractivity contribution < 1.29 is 4.42 Å². The molecule has 2 aliphatic carbocycles. The van der Waals surface area contributed by atoms with E-state index >= 15 is 0 Å². The van der Waals surface area contributed by atoms with Crippen LogP contribution in [0, 0.1) is 11.3 Å². The maximum absolute atomic E-state index is 9.74. The summed E-state index contributed by atoms with van der Waals surface area (Å²) in [5, 5.41) is 14.3. The van der Waals surface area contributed by atoms with Crippen LogP contribution < -0.4 is 0 Å². The van der Waals surface area contributed by atoms with E-state index < -0.39 is 0 Å². The van der Waals surface area contributed by atoms with Crippen LogP contribution in [0.3, 0.4) is 0 Å². The highest BCUT2D eigenvalue weighted by molar-refractivity contribution is 6.06. The highest BCUT2D eigenvalue weighted by Crippen LogP contribution is 2.56. The number of hydrogen-bond donors (Lipinski definition) is 0. The Bertz CT molecular complexity index is 3050. The van der Waals surface area contributed by atoms with Crippen LogP contribution in [0.15, 0.2) is 156 Å². The van der Waals surface area contributed by atoms with Crippen molar-refractivity contribution in [2.75, 3.05) is 0 Å². The van der Waals surface area contributed by atoms with Crippen LogP contribution in [0.2, 0.25) is 0 Å². The molecule has 2 aromatic heterocycles. The van der Waals surface area contributed by atoms with Gasteiger partial charge in [0.25, 0.3) is 0 Å². The number of fused-ring (bicyclic) bond motifs is 9. The summed E-state index contributed by atoms with van der Waals surface area (Å²) in [5.74, 6) is 0.680. The number of nitriles is 1. The Labute approximate surface area is 319 Å². The summed E-state index contributed by atoms with van der Waals surface area (Å²) in [6, 6.07) is 55.9. The Hall–Kier alpha value is -6.83. The molecule has 1 saturated carbocycles. The molecular weight excluding hydrogens is 671 g/mol. The second-order valence-corrected chi connectivity index (χ2v) is 15.2. The molecule has 0 radical (unpaired) electrons. The molecule has 4 nitrogen and oxygen atoms in total. The standard InChI is InChI=1S/C51H35N3O/c52-31-32-15-22-44-43(25-32)40-20-18-36(28-45(40)51(44)23-6-1-7-24-51)35-11-8-12-37(26-35)46-30-47(38-19-21-42-41-13-4-5-14-48(41)55-49(42)29-38)54-50(53-46)39-17-16-33-9-2-3-10-34(33)27-39/h2-5,8-22,25-30H,1,6-7,23-24H2. The molecule has 0 N–H and O–H groups in total. The summed E-state index contributed by atoms with van der Waals surface area (Å²) in [6.45, 7) is 0. The summed E-state index contributed by atoms with van der Waals surface area (Å²) in [4.78, 5) is 10.4. The number of furan rings is 1. The molecule has 260 valence electrons. The molecule has 7 aromatic carbocycles. The third kappa shape index (κ3) is 5.12. The first-order chi connectivity index (χ1) is 27.1. The molecule has 1 fully saturated rings. The monoisotopic (exact) mass is 705 g/mol. The van der Waals surface area contributed by atoms with Crippen molar-refractivity contribution in [3.05, 3.63) is 168 Å². The van der Waals surface area contributed by atoms with Crippen LogP contribution in [-0.4, -0.2) is 9.97 Å². The minimum absolute atomic E-state index is 0.00177. The van der Waals surface area contributed by atoms with Crippen molar-refractivity contribution in [2.24, 2.45) is 0 Å². The number of rotatable bonds is 4. The summed E-state index contributed by atoms with van der Waals surface area (Å²) >= 11 is 0. The van der Waals surface area contributed by atoms with Crippen molar-refractivity contribution in [1.82, 2.24) is 9.97 Å². The first-order valence-corrected chi connectivity index (χ1v) is 19.2. The van der Waals surface area contributed by atoms with Gasteiger partial charge < -0.3 is 4.42 Å². The molecule has 0 saturated heterocycles. The lowest BCUT2D eigenvalue weighted by Crippen LogP contribution is -2.28. The Kier molecular flexibility index (Phi) is 7.12. The Morgan fingerprint density at radius 3 is 2.09 bits per heavy atom. The van der Waals surface area contributed by atoms with E-state index in [0.29, 0.717) is 5.82 Å². The van der Waals surface area contributed by atoms with E-state index in [1.54, 1.807) is 0 Å². The average Bonchev–Trinajstić information content (AvgIpc) is 3.75. The summed E-state index contributed by atoms with van der Waals surface area (Å²) < 4.78 is 6.31. The normalized spacial score (nSPS) is 14.3. The lowest BCUT2D eigenvalue weighted by atomic mass is 9.67. The van der Waals surface area contributed by atoms with Gasteiger partial charge in [0, 0.05) is 32.9 Å². The molecule has 0 amide bonds. The van der Waals surface area contributed by atoms with E-state index in [-0.39, 0.29) is 5.41 Å². The van der Waals surface area contributed by atoms with Crippen LogP contribution in [-0.2, 0) is 5.41 Å². The van der Waals surface area contributed by atoms with Crippen LogP contribution >= 0.6 is 0 Å². The molecule has 9 aromatic rings. The van der Waals surface area contributed by atoms with E-state index in [1.807, 2.05) is 24.3 Å². The zero-order chi connectivity index (χ0) is 36.5. The van der Waals surface area contributed by atoms with Crippen LogP contribution in [0.5, 0.6) is 0 Å². The minimum Gasteiger partial charge on any atom is -0.456 e. The zero-order valence-electron chi connectivity index (χ0n) is 30.2. The molecular formula is C51H35N3O. The molecule has 0 unspecified atom stereocenters. The van der Waals surface area contributed by atoms with Gasteiger partial charge in [-0.3, -0.25) is 0 Å². The van der Waals surface area contributed by atoms with Crippen molar-refractivity contribution in [3.8, 4) is 62.2 Å². The predicted octanol–water partition coefficient (Wildman–Crippen LogP) is 13.3. The smallest absolute Gasteiger partial charge is 0.160 e. The first kappa shape index (κ1) is 31.7. The van der Waals surface area contributed by atoms with Crippen molar-refractivity contribution in [2.45, 2.75) is 37.5 Å². The van der Waals surface area contributed by atoms with Crippen molar-refractivity contribution in [3.63, 3.8) is 0 Å². The van der Waals surface area contributed by atoms with Crippen LogP contribution in [0.1, 0.15) is 48.8 Å². The highest BCUT2D eigenvalue weighted by Gasteiger charge is 2.43. The molecule has 4 heteroatoms. The van der Waals surface area contributed by atoms with Gasteiger partial charge in [-0.05, 0) is 112 Å². The van der Waals surface area contributed by atoms with Gasteiger partial charge in [-0.15, -0.1) is 0 Å². The lowest BCUT2D eigenvalue weighted by molar-refractivity contribution is 0.353. The van der Waals surface area contributed by atoms with Gasteiger partial charge in [0.1, 0.15) is 11.2 Å². The maximum Gasteiger partial charge on any atom is 0.160 e. The van der Waals surface area contributed by atoms with E-state index in [4.69, 9.17) is 14.4 Å². The maximum atomic E-state index is 9.74. The van der Waals surface area contributed by atoms with Gasteiger partial charge in [0.15, 0.2) is 5.82 Å². The molecule has 1 spiro atoms. The third-order valence-electron chi connectivity index (χ3n) is 12.1. The summed E-state index contributed by atoms with van der Waals surface area (Å²) in [6.07, 6.45) is 6.00. The Balaban J connectivity index is 1.05. The Morgan fingerprint density at radius 1 is 0.491 bits per heavy atom. The van der Waals surface area contributed by atoms with E-state index in [9.17, 15) is 5.26 Å². The quantitative estimate of drug-likeness (QED) is 0.183. The Morgan fingerprint density at radius 2 is 1.22 bits per heavy atom.